The Hall–Kier alpha value is -1.56. The first-order valence-corrected chi connectivity index (χ1v) is 7.23. The molecule has 20 heavy (non-hydrogen) atoms. The van der Waals surface area contributed by atoms with Crippen LogP contribution in [0.3, 0.4) is 0 Å². The number of hydrogen-bond acceptors (Lipinski definition) is 4. The maximum Gasteiger partial charge on any atom is 0.271 e. The van der Waals surface area contributed by atoms with E-state index in [1.807, 2.05) is 0 Å². The van der Waals surface area contributed by atoms with Crippen LogP contribution < -0.4 is 11.1 Å². The minimum absolute atomic E-state index is 0.271. The molecule has 2 rings (SSSR count). The summed E-state index contributed by atoms with van der Waals surface area (Å²) < 4.78 is 1.45. The number of anilines is 1. The van der Waals surface area contributed by atoms with E-state index in [9.17, 15) is 9.90 Å². The largest absolute Gasteiger partial charge is 0.396 e. The first kappa shape index (κ1) is 14.8. The molecular weight excluding hydrogens is 256 g/mol. The van der Waals surface area contributed by atoms with E-state index in [1.54, 1.807) is 7.05 Å². The summed E-state index contributed by atoms with van der Waals surface area (Å²) in [5, 5.41) is 17.2. The Morgan fingerprint density at radius 1 is 1.60 bits per heavy atom. The van der Waals surface area contributed by atoms with Crippen LogP contribution in [-0.4, -0.2) is 32.9 Å². The van der Waals surface area contributed by atoms with E-state index in [1.165, 1.54) is 10.9 Å². The average Bonchev–Trinajstić information content (AvgIpc) is 2.77. The molecule has 1 saturated carbocycles. The van der Waals surface area contributed by atoms with Gasteiger partial charge in [0.15, 0.2) is 0 Å². The SMILES string of the molecule is CCC1CCC(O)(CNC(=O)c2c(N)cnn2C)CC1. The highest BCUT2D eigenvalue weighted by Gasteiger charge is 2.33. The molecule has 1 amide bonds. The Kier molecular flexibility index (Phi) is 4.32. The molecule has 0 bridgehead atoms. The lowest BCUT2D eigenvalue weighted by Crippen LogP contribution is -2.45. The number of nitrogens with zero attached hydrogens (tertiary/aromatic N) is 2. The van der Waals surface area contributed by atoms with Crippen molar-refractivity contribution in [2.75, 3.05) is 12.3 Å². The summed E-state index contributed by atoms with van der Waals surface area (Å²) >= 11 is 0. The predicted molar refractivity (Wildman–Crippen MR) is 77.2 cm³/mol. The number of nitrogens with two attached hydrogens (primary N) is 1. The van der Waals surface area contributed by atoms with E-state index in [2.05, 4.69) is 17.3 Å². The molecule has 4 N–H and O–H groups in total. The molecule has 0 spiro atoms. The highest BCUT2D eigenvalue weighted by atomic mass is 16.3. The van der Waals surface area contributed by atoms with Crippen molar-refractivity contribution in [1.82, 2.24) is 15.1 Å². The van der Waals surface area contributed by atoms with Crippen molar-refractivity contribution in [2.24, 2.45) is 13.0 Å². The molecule has 1 heterocycles. The number of carbonyl (C=O) groups is 1. The fourth-order valence-corrected chi connectivity index (χ4v) is 2.86. The quantitative estimate of drug-likeness (QED) is 0.769. The number of hydrogen-bond donors (Lipinski definition) is 3. The monoisotopic (exact) mass is 280 g/mol. The van der Waals surface area contributed by atoms with E-state index < -0.39 is 5.60 Å². The number of rotatable bonds is 4. The number of nitrogens with one attached hydrogen (secondary N) is 1. The standard InChI is InChI=1S/C14H24N4O2/c1-3-10-4-6-14(20,7-5-10)9-16-13(19)12-11(15)8-17-18(12)2/h8,10,20H,3-7,9,15H2,1-2H3,(H,16,19). The van der Waals surface area contributed by atoms with Crippen LogP contribution in [0.25, 0.3) is 0 Å². The molecule has 1 aliphatic rings. The molecule has 112 valence electrons. The van der Waals surface area contributed by atoms with Gasteiger partial charge in [-0.1, -0.05) is 13.3 Å². The number of aryl methyl sites for hydroxylation is 1. The smallest absolute Gasteiger partial charge is 0.271 e. The van der Waals surface area contributed by atoms with E-state index in [4.69, 9.17) is 5.73 Å². The molecule has 6 nitrogen and oxygen atoms in total. The summed E-state index contributed by atoms with van der Waals surface area (Å²) in [7, 11) is 1.67. The molecule has 1 fully saturated rings. The fourth-order valence-electron chi connectivity index (χ4n) is 2.86. The molecule has 1 aromatic heterocycles. The van der Waals surface area contributed by atoms with Crippen LogP contribution in [0.2, 0.25) is 0 Å². The lowest BCUT2D eigenvalue weighted by Gasteiger charge is -2.35. The Morgan fingerprint density at radius 2 is 2.25 bits per heavy atom. The van der Waals surface area contributed by atoms with Gasteiger partial charge < -0.3 is 16.2 Å². The Labute approximate surface area is 119 Å². The summed E-state index contributed by atoms with van der Waals surface area (Å²) in [4.78, 5) is 12.1. The molecule has 0 unspecified atom stereocenters. The highest BCUT2D eigenvalue weighted by Crippen LogP contribution is 2.33. The maximum atomic E-state index is 12.1. The van der Waals surface area contributed by atoms with Crippen molar-refractivity contribution >= 4 is 11.6 Å². The van der Waals surface area contributed by atoms with Gasteiger partial charge in [0, 0.05) is 13.6 Å². The van der Waals surface area contributed by atoms with E-state index in [-0.39, 0.29) is 12.5 Å². The zero-order chi connectivity index (χ0) is 14.8. The van der Waals surface area contributed by atoms with Crippen molar-refractivity contribution in [2.45, 2.75) is 44.6 Å². The van der Waals surface area contributed by atoms with Crippen LogP contribution in [0.4, 0.5) is 5.69 Å². The number of aliphatic hydroxyl groups is 1. The van der Waals surface area contributed by atoms with Crippen LogP contribution in [0.1, 0.15) is 49.5 Å². The van der Waals surface area contributed by atoms with E-state index >= 15 is 0 Å². The molecule has 6 heteroatoms. The lowest BCUT2D eigenvalue weighted by atomic mass is 9.78. The van der Waals surface area contributed by atoms with Crippen molar-refractivity contribution < 1.29 is 9.90 Å². The molecule has 1 aliphatic carbocycles. The number of aromatic nitrogens is 2. The minimum atomic E-state index is -0.783. The molecule has 0 aliphatic heterocycles. The highest BCUT2D eigenvalue weighted by molar-refractivity contribution is 5.97. The average molecular weight is 280 g/mol. The van der Waals surface area contributed by atoms with Crippen LogP contribution in [-0.2, 0) is 7.05 Å². The third-order valence-electron chi connectivity index (χ3n) is 4.37. The fraction of sp³-hybridized carbons (Fsp3) is 0.714. The topological polar surface area (TPSA) is 93.2 Å². The zero-order valence-electron chi connectivity index (χ0n) is 12.2. The van der Waals surface area contributed by atoms with Gasteiger partial charge in [0.2, 0.25) is 0 Å². The summed E-state index contributed by atoms with van der Waals surface area (Å²) in [6, 6.07) is 0. The third kappa shape index (κ3) is 3.12. The van der Waals surface area contributed by atoms with Crippen molar-refractivity contribution in [3.8, 4) is 0 Å². The minimum Gasteiger partial charge on any atom is -0.396 e. The van der Waals surface area contributed by atoms with E-state index in [0.29, 0.717) is 17.3 Å². The normalized spacial score (nSPS) is 26.4. The second-order valence-electron chi connectivity index (χ2n) is 5.83. The maximum absolute atomic E-state index is 12.1. The van der Waals surface area contributed by atoms with Gasteiger partial charge in [0.05, 0.1) is 17.5 Å². The number of amides is 1. The van der Waals surface area contributed by atoms with Crippen LogP contribution >= 0.6 is 0 Å². The summed E-state index contributed by atoms with van der Waals surface area (Å²) in [5.74, 6) is 0.423. The predicted octanol–water partition coefficient (Wildman–Crippen LogP) is 1.06. The van der Waals surface area contributed by atoms with Gasteiger partial charge >= 0.3 is 0 Å². The Bertz CT molecular complexity index is 456. The number of nitrogen functional groups attached to an aromatic ring is 1. The number of carbonyl (C=O) groups excluding carboxylic acids is 1. The van der Waals surface area contributed by atoms with Gasteiger partial charge in [0.25, 0.3) is 5.91 Å². The molecule has 1 aromatic rings. The third-order valence-corrected chi connectivity index (χ3v) is 4.37. The van der Waals surface area contributed by atoms with Gasteiger partial charge in [-0.2, -0.15) is 5.10 Å². The van der Waals surface area contributed by atoms with Gasteiger partial charge in [-0.05, 0) is 31.6 Å². The molecule has 0 aromatic carbocycles. The first-order valence-electron chi connectivity index (χ1n) is 7.23. The van der Waals surface area contributed by atoms with Gasteiger partial charge in [-0.25, -0.2) is 0 Å². The van der Waals surface area contributed by atoms with Crippen LogP contribution in [0.15, 0.2) is 6.20 Å². The van der Waals surface area contributed by atoms with Crippen LogP contribution in [0, 0.1) is 5.92 Å². The lowest BCUT2D eigenvalue weighted by molar-refractivity contribution is -0.00793. The Morgan fingerprint density at radius 3 is 2.75 bits per heavy atom. The van der Waals surface area contributed by atoms with Crippen molar-refractivity contribution in [1.29, 1.82) is 0 Å². The van der Waals surface area contributed by atoms with Gasteiger partial charge in [0.1, 0.15) is 5.69 Å². The second kappa shape index (κ2) is 5.83. The summed E-state index contributed by atoms with van der Waals surface area (Å²) in [6.07, 6.45) is 6.15. The van der Waals surface area contributed by atoms with E-state index in [0.717, 1.165) is 32.1 Å². The van der Waals surface area contributed by atoms with Crippen LogP contribution in [0.5, 0.6) is 0 Å². The first-order chi connectivity index (χ1) is 9.45. The van der Waals surface area contributed by atoms with Gasteiger partial charge in [-0.3, -0.25) is 9.48 Å². The van der Waals surface area contributed by atoms with Crippen molar-refractivity contribution in [3.63, 3.8) is 0 Å². The molecular formula is C14H24N4O2. The summed E-state index contributed by atoms with van der Waals surface area (Å²) in [6.45, 7) is 2.45. The summed E-state index contributed by atoms with van der Waals surface area (Å²) in [5.41, 5.74) is 5.63. The van der Waals surface area contributed by atoms with Gasteiger partial charge in [-0.15, -0.1) is 0 Å². The molecule has 0 saturated heterocycles. The Balaban J connectivity index is 1.91. The van der Waals surface area contributed by atoms with Crippen molar-refractivity contribution in [3.05, 3.63) is 11.9 Å². The molecule has 0 atom stereocenters. The molecule has 0 radical (unpaired) electrons. The zero-order valence-corrected chi connectivity index (χ0v) is 12.2. The second-order valence-corrected chi connectivity index (χ2v) is 5.83.